The van der Waals surface area contributed by atoms with E-state index in [-0.39, 0.29) is 23.7 Å². The van der Waals surface area contributed by atoms with Gasteiger partial charge in [-0.2, -0.15) is 0 Å². The van der Waals surface area contributed by atoms with E-state index in [1.54, 1.807) is 0 Å². The van der Waals surface area contributed by atoms with Crippen molar-refractivity contribution in [2.45, 2.75) is 71.8 Å². The quantitative estimate of drug-likeness (QED) is 0.792. The highest BCUT2D eigenvalue weighted by molar-refractivity contribution is 5.66. The molecule has 106 valence electrons. The molecule has 1 aliphatic carbocycles. The molecule has 18 heavy (non-hydrogen) atoms. The molecule has 3 nitrogen and oxygen atoms in total. The van der Waals surface area contributed by atoms with Gasteiger partial charge in [0.2, 0.25) is 0 Å². The molecule has 0 aromatic heterocycles. The Hall–Kier alpha value is -0.570. The standard InChI is InChI=1S/C15H28O3/c1-11(10-13(16)17)6-7-12-14(2,3)8-5-9-15(12,4)18/h11-12,18H,5-10H2,1-4H3,(H,16,17)/t11?,12-,15-/m1/s1. The number of carbonyl (C=O) groups is 1. The highest BCUT2D eigenvalue weighted by atomic mass is 16.4. The summed E-state index contributed by atoms with van der Waals surface area (Å²) < 4.78 is 0. The van der Waals surface area contributed by atoms with E-state index in [0.717, 1.165) is 32.1 Å². The molecule has 0 aromatic rings. The van der Waals surface area contributed by atoms with Gasteiger partial charge in [-0.25, -0.2) is 0 Å². The Bertz CT molecular complexity index is 278. The van der Waals surface area contributed by atoms with Gasteiger partial charge in [0.1, 0.15) is 0 Å². The van der Waals surface area contributed by atoms with Crippen LogP contribution in [0.1, 0.15) is 66.2 Å². The zero-order valence-electron chi connectivity index (χ0n) is 12.2. The fourth-order valence-electron chi connectivity index (χ4n) is 3.65. The number of rotatable bonds is 5. The summed E-state index contributed by atoms with van der Waals surface area (Å²) in [4.78, 5) is 10.7. The first-order chi connectivity index (χ1) is 8.15. The Balaban J connectivity index is 2.59. The predicted molar refractivity (Wildman–Crippen MR) is 72.4 cm³/mol. The summed E-state index contributed by atoms with van der Waals surface area (Å²) in [6.07, 6.45) is 5.15. The van der Waals surface area contributed by atoms with Gasteiger partial charge in [-0.15, -0.1) is 0 Å². The molecule has 0 spiro atoms. The van der Waals surface area contributed by atoms with Gasteiger partial charge in [-0.3, -0.25) is 4.79 Å². The maximum Gasteiger partial charge on any atom is 0.303 e. The van der Waals surface area contributed by atoms with Gasteiger partial charge in [0, 0.05) is 6.42 Å². The third-order valence-corrected chi connectivity index (χ3v) is 4.67. The van der Waals surface area contributed by atoms with Gasteiger partial charge in [0.15, 0.2) is 0 Å². The molecule has 1 unspecified atom stereocenters. The number of aliphatic carboxylic acids is 1. The van der Waals surface area contributed by atoms with E-state index in [1.165, 1.54) is 0 Å². The second kappa shape index (κ2) is 5.60. The smallest absolute Gasteiger partial charge is 0.303 e. The molecule has 0 aliphatic heterocycles. The van der Waals surface area contributed by atoms with Gasteiger partial charge < -0.3 is 10.2 Å². The van der Waals surface area contributed by atoms with E-state index in [4.69, 9.17) is 5.11 Å². The van der Waals surface area contributed by atoms with Crippen LogP contribution in [0.4, 0.5) is 0 Å². The number of carboxylic acid groups (broad SMARTS) is 1. The SMILES string of the molecule is CC(CC[C@@H]1C(C)(C)CCC[C@@]1(C)O)CC(=O)O. The minimum Gasteiger partial charge on any atom is -0.481 e. The maximum absolute atomic E-state index is 10.7. The lowest BCUT2D eigenvalue weighted by Gasteiger charge is -2.48. The minimum atomic E-state index is -0.725. The third kappa shape index (κ3) is 3.98. The average molecular weight is 256 g/mol. The van der Waals surface area contributed by atoms with E-state index < -0.39 is 11.6 Å². The molecular weight excluding hydrogens is 228 g/mol. The molecular formula is C15H28O3. The monoisotopic (exact) mass is 256 g/mol. The fraction of sp³-hybridized carbons (Fsp3) is 0.933. The van der Waals surface area contributed by atoms with Crippen molar-refractivity contribution in [3.05, 3.63) is 0 Å². The molecule has 0 radical (unpaired) electrons. The zero-order valence-corrected chi connectivity index (χ0v) is 12.2. The Kier molecular flexibility index (Phi) is 4.82. The van der Waals surface area contributed by atoms with E-state index in [9.17, 15) is 9.90 Å². The summed E-state index contributed by atoms with van der Waals surface area (Å²) in [5.74, 6) is -0.261. The van der Waals surface area contributed by atoms with E-state index in [1.807, 2.05) is 13.8 Å². The van der Waals surface area contributed by atoms with Crippen molar-refractivity contribution in [2.24, 2.45) is 17.3 Å². The summed E-state index contributed by atoms with van der Waals surface area (Å²) >= 11 is 0. The molecule has 1 aliphatic rings. The van der Waals surface area contributed by atoms with Crippen LogP contribution in [-0.2, 0) is 4.79 Å². The molecule has 3 atom stereocenters. The number of hydrogen-bond acceptors (Lipinski definition) is 2. The van der Waals surface area contributed by atoms with Gasteiger partial charge in [-0.1, -0.05) is 27.2 Å². The van der Waals surface area contributed by atoms with Crippen LogP contribution in [0.25, 0.3) is 0 Å². The average Bonchev–Trinajstić information content (AvgIpc) is 2.12. The van der Waals surface area contributed by atoms with Crippen LogP contribution in [0, 0.1) is 17.3 Å². The first kappa shape index (κ1) is 15.5. The zero-order chi connectivity index (χ0) is 14.0. The fourth-order valence-corrected chi connectivity index (χ4v) is 3.65. The van der Waals surface area contributed by atoms with Crippen molar-refractivity contribution in [3.63, 3.8) is 0 Å². The van der Waals surface area contributed by atoms with Crippen molar-refractivity contribution >= 4 is 5.97 Å². The number of hydrogen-bond donors (Lipinski definition) is 2. The van der Waals surface area contributed by atoms with E-state index >= 15 is 0 Å². The van der Waals surface area contributed by atoms with Crippen LogP contribution >= 0.6 is 0 Å². The summed E-state index contributed by atoms with van der Waals surface area (Å²) in [6, 6.07) is 0. The normalized spacial score (nSPS) is 33.1. The molecule has 2 N–H and O–H groups in total. The number of aliphatic hydroxyl groups is 1. The molecule has 0 bridgehead atoms. The highest BCUT2D eigenvalue weighted by Gasteiger charge is 2.44. The lowest BCUT2D eigenvalue weighted by atomic mass is 9.60. The molecule has 0 saturated heterocycles. The first-order valence-corrected chi connectivity index (χ1v) is 7.09. The molecule has 0 heterocycles. The molecule has 0 aromatic carbocycles. The molecule has 1 saturated carbocycles. The van der Waals surface area contributed by atoms with Crippen molar-refractivity contribution in [1.29, 1.82) is 0 Å². The summed E-state index contributed by atoms with van der Waals surface area (Å²) in [5, 5.41) is 19.3. The highest BCUT2D eigenvalue weighted by Crippen LogP contribution is 2.48. The molecule has 3 heteroatoms. The van der Waals surface area contributed by atoms with Gasteiger partial charge >= 0.3 is 5.97 Å². The van der Waals surface area contributed by atoms with Gasteiger partial charge in [0.05, 0.1) is 5.60 Å². The van der Waals surface area contributed by atoms with Crippen LogP contribution in [0.15, 0.2) is 0 Å². The lowest BCUT2D eigenvalue weighted by Crippen LogP contribution is -2.47. The van der Waals surface area contributed by atoms with Crippen molar-refractivity contribution in [1.82, 2.24) is 0 Å². The topological polar surface area (TPSA) is 57.5 Å². The van der Waals surface area contributed by atoms with Crippen molar-refractivity contribution < 1.29 is 15.0 Å². The summed E-state index contributed by atoms with van der Waals surface area (Å²) in [7, 11) is 0. The van der Waals surface area contributed by atoms with E-state index in [0.29, 0.717) is 0 Å². The largest absolute Gasteiger partial charge is 0.481 e. The Labute approximate surface area is 111 Å². The van der Waals surface area contributed by atoms with Gasteiger partial charge in [-0.05, 0) is 49.9 Å². The second-order valence-corrected chi connectivity index (χ2v) is 7.03. The second-order valence-electron chi connectivity index (χ2n) is 7.03. The molecule has 0 amide bonds. The van der Waals surface area contributed by atoms with Crippen LogP contribution in [0.5, 0.6) is 0 Å². The van der Waals surface area contributed by atoms with Crippen molar-refractivity contribution in [2.75, 3.05) is 0 Å². The number of carboxylic acids is 1. The van der Waals surface area contributed by atoms with Crippen LogP contribution in [-0.4, -0.2) is 21.8 Å². The van der Waals surface area contributed by atoms with Crippen LogP contribution in [0.2, 0.25) is 0 Å². The summed E-state index contributed by atoms with van der Waals surface area (Å²) in [6.45, 7) is 8.39. The lowest BCUT2D eigenvalue weighted by molar-refractivity contribution is -0.138. The predicted octanol–water partition coefficient (Wildman–Crippen LogP) is 3.45. The Morgan fingerprint density at radius 3 is 2.44 bits per heavy atom. The van der Waals surface area contributed by atoms with E-state index in [2.05, 4.69) is 13.8 Å². The first-order valence-electron chi connectivity index (χ1n) is 7.09. The molecule has 1 rings (SSSR count). The molecule has 1 fully saturated rings. The van der Waals surface area contributed by atoms with Crippen LogP contribution in [0.3, 0.4) is 0 Å². The minimum absolute atomic E-state index is 0.157. The van der Waals surface area contributed by atoms with Crippen molar-refractivity contribution in [3.8, 4) is 0 Å². The Morgan fingerprint density at radius 2 is 1.94 bits per heavy atom. The van der Waals surface area contributed by atoms with Gasteiger partial charge in [0.25, 0.3) is 0 Å². The third-order valence-electron chi connectivity index (χ3n) is 4.67. The summed E-state index contributed by atoms with van der Waals surface area (Å²) in [5.41, 5.74) is -0.435. The Morgan fingerprint density at radius 1 is 1.33 bits per heavy atom. The maximum atomic E-state index is 10.7. The van der Waals surface area contributed by atoms with Crippen LogP contribution < -0.4 is 0 Å².